The zero-order valence-electron chi connectivity index (χ0n) is 16.2. The summed E-state index contributed by atoms with van der Waals surface area (Å²) in [6, 6.07) is 21.8. The van der Waals surface area contributed by atoms with Crippen molar-refractivity contribution in [2.75, 3.05) is 12.4 Å². The Labute approximate surface area is 185 Å². The predicted molar refractivity (Wildman–Crippen MR) is 121 cm³/mol. The smallest absolute Gasteiger partial charge is 0.266 e. The minimum atomic E-state index is -0.515. The van der Waals surface area contributed by atoms with Crippen LogP contribution in [0, 0.1) is 11.3 Å². The van der Waals surface area contributed by atoms with Crippen molar-refractivity contribution in [3.8, 4) is 11.8 Å². The van der Waals surface area contributed by atoms with Crippen LogP contribution in [0.15, 0.2) is 72.3 Å². The molecule has 1 amide bonds. The van der Waals surface area contributed by atoms with Gasteiger partial charge in [0.2, 0.25) is 0 Å². The molecule has 0 aliphatic carbocycles. The van der Waals surface area contributed by atoms with E-state index >= 15 is 0 Å². The van der Waals surface area contributed by atoms with Crippen molar-refractivity contribution in [2.45, 2.75) is 6.42 Å². The molecule has 150 valence electrons. The van der Waals surface area contributed by atoms with Gasteiger partial charge in [-0.2, -0.15) is 5.26 Å². The van der Waals surface area contributed by atoms with Gasteiger partial charge >= 0.3 is 0 Å². The van der Waals surface area contributed by atoms with Gasteiger partial charge < -0.3 is 10.1 Å². The van der Waals surface area contributed by atoms with Gasteiger partial charge in [-0.25, -0.2) is 0 Å². The second kappa shape index (κ2) is 9.98. The monoisotopic (exact) mass is 436 g/mol. The maximum absolute atomic E-state index is 12.5. The van der Waals surface area contributed by atoms with E-state index in [4.69, 9.17) is 27.9 Å². The Balaban J connectivity index is 1.83. The average molecular weight is 437 g/mol. The minimum absolute atomic E-state index is 0.0316. The molecule has 0 heterocycles. The lowest BCUT2D eigenvalue weighted by Crippen LogP contribution is -2.13. The minimum Gasteiger partial charge on any atom is -0.496 e. The third-order valence-corrected chi connectivity index (χ3v) is 5.01. The summed E-state index contributed by atoms with van der Waals surface area (Å²) >= 11 is 12.2. The molecule has 6 heteroatoms. The van der Waals surface area contributed by atoms with Gasteiger partial charge in [-0.1, -0.05) is 59.6 Å². The molecule has 1 N–H and O–H groups in total. The summed E-state index contributed by atoms with van der Waals surface area (Å²) in [5.74, 6) is 0.134. The normalized spacial score (nSPS) is 10.9. The van der Waals surface area contributed by atoms with E-state index in [0.29, 0.717) is 33.5 Å². The zero-order valence-corrected chi connectivity index (χ0v) is 17.7. The van der Waals surface area contributed by atoms with Crippen molar-refractivity contribution in [1.82, 2.24) is 0 Å². The number of nitriles is 1. The van der Waals surface area contributed by atoms with Gasteiger partial charge in [0.15, 0.2) is 0 Å². The number of nitrogens with one attached hydrogen (secondary N) is 1. The summed E-state index contributed by atoms with van der Waals surface area (Å²) in [6.07, 6.45) is 2.12. The molecule has 4 nitrogen and oxygen atoms in total. The summed E-state index contributed by atoms with van der Waals surface area (Å²) in [4.78, 5) is 12.5. The molecule has 3 aromatic carbocycles. The molecule has 0 bridgehead atoms. The van der Waals surface area contributed by atoms with Crippen molar-refractivity contribution in [3.63, 3.8) is 0 Å². The molecule has 0 unspecified atom stereocenters. The van der Waals surface area contributed by atoms with E-state index in [2.05, 4.69) is 5.32 Å². The van der Waals surface area contributed by atoms with E-state index in [-0.39, 0.29) is 5.57 Å². The molecule has 0 aliphatic heterocycles. The van der Waals surface area contributed by atoms with Crippen LogP contribution in [0.3, 0.4) is 0 Å². The largest absolute Gasteiger partial charge is 0.496 e. The molecule has 30 heavy (non-hydrogen) atoms. The van der Waals surface area contributed by atoms with Gasteiger partial charge in [-0.05, 0) is 53.1 Å². The number of anilines is 1. The van der Waals surface area contributed by atoms with Gasteiger partial charge in [0, 0.05) is 22.2 Å². The van der Waals surface area contributed by atoms with Crippen molar-refractivity contribution < 1.29 is 9.53 Å². The van der Waals surface area contributed by atoms with E-state index in [1.807, 2.05) is 42.5 Å². The lowest BCUT2D eigenvalue weighted by molar-refractivity contribution is -0.112. The van der Waals surface area contributed by atoms with Gasteiger partial charge in [0.1, 0.15) is 17.4 Å². The lowest BCUT2D eigenvalue weighted by Gasteiger charge is -2.11. The fourth-order valence-corrected chi connectivity index (χ4v) is 3.32. The Kier molecular flexibility index (Phi) is 7.13. The number of carbonyl (C=O) groups is 1. The highest BCUT2D eigenvalue weighted by atomic mass is 35.5. The summed E-state index contributed by atoms with van der Waals surface area (Å²) in [5, 5.41) is 13.3. The topological polar surface area (TPSA) is 62.1 Å². The molecule has 0 aliphatic rings. The van der Waals surface area contributed by atoms with E-state index in [0.717, 1.165) is 11.1 Å². The van der Waals surface area contributed by atoms with E-state index in [1.54, 1.807) is 37.4 Å². The van der Waals surface area contributed by atoms with Gasteiger partial charge in [0.05, 0.1) is 7.11 Å². The average Bonchev–Trinajstić information content (AvgIpc) is 2.74. The molecular weight excluding hydrogens is 419 g/mol. The predicted octanol–water partition coefficient (Wildman–Crippen LogP) is 6.14. The van der Waals surface area contributed by atoms with E-state index < -0.39 is 5.91 Å². The second-order valence-electron chi connectivity index (χ2n) is 6.47. The Bertz CT molecular complexity index is 1150. The molecule has 0 fully saturated rings. The van der Waals surface area contributed by atoms with E-state index in [9.17, 15) is 10.1 Å². The van der Waals surface area contributed by atoms with Crippen LogP contribution in [0.4, 0.5) is 5.69 Å². The number of rotatable bonds is 6. The molecule has 3 aromatic rings. The number of amides is 1. The van der Waals surface area contributed by atoms with Crippen LogP contribution in [-0.4, -0.2) is 13.0 Å². The molecule has 0 saturated carbocycles. The van der Waals surface area contributed by atoms with Crippen LogP contribution >= 0.6 is 23.2 Å². The first kappa shape index (κ1) is 21.4. The van der Waals surface area contributed by atoms with Crippen LogP contribution < -0.4 is 10.1 Å². The van der Waals surface area contributed by atoms with Crippen molar-refractivity contribution in [2.24, 2.45) is 0 Å². The van der Waals surface area contributed by atoms with Crippen LogP contribution in [-0.2, 0) is 11.2 Å². The number of methoxy groups -OCH3 is 1. The number of ether oxygens (including phenoxy) is 1. The molecule has 0 radical (unpaired) electrons. The Morgan fingerprint density at radius 2 is 1.87 bits per heavy atom. The molecular formula is C24H18Cl2N2O2. The van der Waals surface area contributed by atoms with Crippen molar-refractivity contribution >= 4 is 40.9 Å². The summed E-state index contributed by atoms with van der Waals surface area (Å²) in [5.41, 5.74) is 3.09. The van der Waals surface area contributed by atoms with Crippen LogP contribution in [0.2, 0.25) is 10.0 Å². The molecule has 0 saturated heterocycles. The number of nitrogens with zero attached hydrogens (tertiary/aromatic N) is 1. The molecule has 0 spiro atoms. The van der Waals surface area contributed by atoms with Crippen molar-refractivity contribution in [1.29, 1.82) is 5.26 Å². The summed E-state index contributed by atoms with van der Waals surface area (Å²) < 4.78 is 5.51. The zero-order chi connectivity index (χ0) is 21.5. The van der Waals surface area contributed by atoms with E-state index in [1.165, 1.54) is 6.08 Å². The Morgan fingerprint density at radius 3 is 2.57 bits per heavy atom. The number of halogens is 2. The Morgan fingerprint density at radius 1 is 1.07 bits per heavy atom. The first-order chi connectivity index (χ1) is 14.5. The quantitative estimate of drug-likeness (QED) is 0.372. The Hall–Kier alpha value is -3.26. The lowest BCUT2D eigenvalue weighted by atomic mass is 10.0. The van der Waals surface area contributed by atoms with Crippen LogP contribution in [0.25, 0.3) is 6.08 Å². The van der Waals surface area contributed by atoms with Gasteiger partial charge in [0.25, 0.3) is 5.91 Å². The number of hydrogen-bond donors (Lipinski definition) is 1. The third kappa shape index (κ3) is 5.42. The van der Waals surface area contributed by atoms with Crippen LogP contribution in [0.5, 0.6) is 5.75 Å². The van der Waals surface area contributed by atoms with Crippen molar-refractivity contribution in [3.05, 3.63) is 99.0 Å². The van der Waals surface area contributed by atoms with Gasteiger partial charge in [-0.3, -0.25) is 4.79 Å². The molecule has 0 aromatic heterocycles. The van der Waals surface area contributed by atoms with Gasteiger partial charge in [-0.15, -0.1) is 0 Å². The highest BCUT2D eigenvalue weighted by Crippen LogP contribution is 2.27. The molecule has 0 atom stereocenters. The van der Waals surface area contributed by atoms with Crippen LogP contribution in [0.1, 0.15) is 16.7 Å². The first-order valence-corrected chi connectivity index (χ1v) is 9.85. The third-order valence-electron chi connectivity index (χ3n) is 4.41. The maximum Gasteiger partial charge on any atom is 0.266 e. The summed E-state index contributed by atoms with van der Waals surface area (Å²) in [6.45, 7) is 0. The second-order valence-corrected chi connectivity index (χ2v) is 7.32. The first-order valence-electron chi connectivity index (χ1n) is 9.09. The summed E-state index contributed by atoms with van der Waals surface area (Å²) in [7, 11) is 1.58. The standard InChI is InChI=1S/C24H18Cl2N2O2/c1-30-23-12-16(9-10-18(23)13-17-5-2-3-8-22(17)26)11-19(15-27)24(29)28-21-7-4-6-20(25)14-21/h2-12,14H,13H2,1H3,(H,28,29)/b19-11+. The maximum atomic E-state index is 12.5. The number of carbonyl (C=O) groups excluding carboxylic acids is 1. The molecule has 3 rings (SSSR count). The number of benzene rings is 3. The SMILES string of the molecule is COc1cc(/C=C(\C#N)C(=O)Nc2cccc(Cl)c2)ccc1Cc1ccccc1Cl. The highest BCUT2D eigenvalue weighted by molar-refractivity contribution is 6.31. The fraction of sp³-hybridized carbons (Fsp3) is 0.0833. The highest BCUT2D eigenvalue weighted by Gasteiger charge is 2.12. The fourth-order valence-electron chi connectivity index (χ4n) is 2.92. The number of hydrogen-bond acceptors (Lipinski definition) is 3.